The fourth-order valence-corrected chi connectivity index (χ4v) is 3.44. The predicted molar refractivity (Wildman–Crippen MR) is 116 cm³/mol. The van der Waals surface area contributed by atoms with E-state index in [2.05, 4.69) is 37.9 Å². The minimum atomic E-state index is -0.266. The van der Waals surface area contributed by atoms with E-state index >= 15 is 0 Å². The summed E-state index contributed by atoms with van der Waals surface area (Å²) in [7, 11) is 0. The number of hydrogen-bond donors (Lipinski definition) is 2. The van der Waals surface area contributed by atoms with Crippen molar-refractivity contribution in [3.63, 3.8) is 0 Å². The first-order valence-corrected chi connectivity index (χ1v) is 10.1. The van der Waals surface area contributed by atoms with Crippen molar-refractivity contribution in [3.05, 3.63) is 78.0 Å². The minimum Gasteiger partial charge on any atom is -0.372 e. The van der Waals surface area contributed by atoms with Crippen LogP contribution in [0.1, 0.15) is 35.3 Å². The van der Waals surface area contributed by atoms with Gasteiger partial charge in [-0.05, 0) is 61.2 Å². The van der Waals surface area contributed by atoms with Crippen molar-refractivity contribution < 1.29 is 4.79 Å². The summed E-state index contributed by atoms with van der Waals surface area (Å²) >= 11 is 0. The quantitative estimate of drug-likeness (QED) is 0.659. The predicted octanol–water partition coefficient (Wildman–Crippen LogP) is 4.33. The zero-order valence-electron chi connectivity index (χ0n) is 16.3. The van der Waals surface area contributed by atoms with Gasteiger partial charge in [-0.15, -0.1) is 10.2 Å². The highest BCUT2D eigenvalue weighted by atomic mass is 16.1. The van der Waals surface area contributed by atoms with Gasteiger partial charge in [0.15, 0.2) is 5.69 Å². The Bertz CT molecular complexity index is 920. The normalized spacial score (nSPS) is 13.7. The van der Waals surface area contributed by atoms with Gasteiger partial charge in [0.05, 0.1) is 0 Å². The molecule has 1 aromatic heterocycles. The molecule has 3 aromatic rings. The van der Waals surface area contributed by atoms with Crippen LogP contribution in [0, 0.1) is 0 Å². The van der Waals surface area contributed by atoms with Crippen LogP contribution in [0.25, 0.3) is 0 Å². The Kier molecular flexibility index (Phi) is 6.00. The third kappa shape index (κ3) is 5.10. The lowest BCUT2D eigenvalue weighted by molar-refractivity contribution is 0.102. The van der Waals surface area contributed by atoms with E-state index in [1.165, 1.54) is 24.9 Å². The smallest absolute Gasteiger partial charge is 0.276 e. The first-order valence-electron chi connectivity index (χ1n) is 10.1. The third-order valence-corrected chi connectivity index (χ3v) is 5.06. The average molecular weight is 387 g/mol. The van der Waals surface area contributed by atoms with Gasteiger partial charge in [0, 0.05) is 31.0 Å². The van der Waals surface area contributed by atoms with E-state index in [0.717, 1.165) is 24.3 Å². The lowest BCUT2D eigenvalue weighted by Crippen LogP contribution is -2.29. The van der Waals surface area contributed by atoms with Crippen LogP contribution in [0.4, 0.5) is 17.2 Å². The van der Waals surface area contributed by atoms with Crippen LogP contribution in [0.3, 0.4) is 0 Å². The standard InChI is InChI=1S/C23H25N5O/c29-23(25-19-9-11-20(12-10-19)28-15-5-2-6-16-28)21-13-14-22(27-26-21)24-17-18-7-3-1-4-8-18/h1,3-4,7-14H,2,5-6,15-17H2,(H,24,27)(H,25,29). The Hall–Kier alpha value is -3.41. The molecule has 2 aromatic carbocycles. The van der Waals surface area contributed by atoms with Crippen LogP contribution in [0.15, 0.2) is 66.7 Å². The molecule has 1 fully saturated rings. The minimum absolute atomic E-state index is 0.266. The van der Waals surface area contributed by atoms with Crippen molar-refractivity contribution in [3.8, 4) is 0 Å². The number of anilines is 3. The molecule has 0 aliphatic carbocycles. The molecule has 0 radical (unpaired) electrons. The van der Waals surface area contributed by atoms with Crippen molar-refractivity contribution in [1.29, 1.82) is 0 Å². The Morgan fingerprint density at radius 1 is 0.862 bits per heavy atom. The van der Waals surface area contributed by atoms with Crippen LogP contribution in [0.2, 0.25) is 0 Å². The van der Waals surface area contributed by atoms with Gasteiger partial charge in [0.1, 0.15) is 5.82 Å². The van der Waals surface area contributed by atoms with Gasteiger partial charge in [0.25, 0.3) is 5.91 Å². The highest BCUT2D eigenvalue weighted by molar-refractivity contribution is 6.02. The SMILES string of the molecule is O=C(Nc1ccc(N2CCCCC2)cc1)c1ccc(NCc2ccccc2)nn1. The van der Waals surface area contributed by atoms with Crippen LogP contribution >= 0.6 is 0 Å². The summed E-state index contributed by atoms with van der Waals surface area (Å²) in [6.07, 6.45) is 3.80. The molecule has 1 amide bonds. The largest absolute Gasteiger partial charge is 0.372 e. The molecule has 2 heterocycles. The van der Waals surface area contributed by atoms with Crippen LogP contribution < -0.4 is 15.5 Å². The monoisotopic (exact) mass is 387 g/mol. The molecule has 148 valence electrons. The number of benzene rings is 2. The van der Waals surface area contributed by atoms with E-state index in [1.54, 1.807) is 12.1 Å². The molecule has 6 nitrogen and oxygen atoms in total. The zero-order valence-corrected chi connectivity index (χ0v) is 16.3. The van der Waals surface area contributed by atoms with Crippen molar-refractivity contribution in [2.75, 3.05) is 28.6 Å². The summed E-state index contributed by atoms with van der Waals surface area (Å²) in [6, 6.07) is 21.5. The molecule has 0 saturated carbocycles. The van der Waals surface area contributed by atoms with E-state index in [9.17, 15) is 4.79 Å². The summed E-state index contributed by atoms with van der Waals surface area (Å²) in [6.45, 7) is 2.86. The first kappa shape index (κ1) is 18.9. The van der Waals surface area contributed by atoms with Gasteiger partial charge in [-0.1, -0.05) is 30.3 Å². The molecule has 0 atom stereocenters. The molecule has 0 unspecified atom stereocenters. The highest BCUT2D eigenvalue weighted by Gasteiger charge is 2.12. The number of nitrogens with zero attached hydrogens (tertiary/aromatic N) is 3. The molecule has 4 rings (SSSR count). The number of carbonyl (C=O) groups is 1. The molecule has 1 aliphatic heterocycles. The number of carbonyl (C=O) groups excluding carboxylic acids is 1. The topological polar surface area (TPSA) is 70.2 Å². The molecular weight excluding hydrogens is 362 g/mol. The molecule has 2 N–H and O–H groups in total. The lowest BCUT2D eigenvalue weighted by atomic mass is 10.1. The van der Waals surface area contributed by atoms with Crippen molar-refractivity contribution in [1.82, 2.24) is 10.2 Å². The summed E-state index contributed by atoms with van der Waals surface area (Å²) < 4.78 is 0. The van der Waals surface area contributed by atoms with Gasteiger partial charge in [-0.2, -0.15) is 0 Å². The number of nitrogens with one attached hydrogen (secondary N) is 2. The zero-order chi connectivity index (χ0) is 19.9. The summed E-state index contributed by atoms with van der Waals surface area (Å²) in [4.78, 5) is 14.8. The van der Waals surface area contributed by atoms with E-state index in [0.29, 0.717) is 12.4 Å². The van der Waals surface area contributed by atoms with Crippen LogP contribution in [-0.2, 0) is 6.54 Å². The maximum Gasteiger partial charge on any atom is 0.276 e. The number of piperidine rings is 1. The molecule has 29 heavy (non-hydrogen) atoms. The summed E-state index contributed by atoms with van der Waals surface area (Å²) in [5.74, 6) is 0.370. The van der Waals surface area contributed by atoms with Gasteiger partial charge in [0.2, 0.25) is 0 Å². The van der Waals surface area contributed by atoms with E-state index < -0.39 is 0 Å². The highest BCUT2D eigenvalue weighted by Crippen LogP contribution is 2.22. The second kappa shape index (κ2) is 9.19. The number of amides is 1. The van der Waals surface area contributed by atoms with Gasteiger partial charge >= 0.3 is 0 Å². The van der Waals surface area contributed by atoms with Gasteiger partial charge in [-0.25, -0.2) is 0 Å². The fraction of sp³-hybridized carbons (Fsp3) is 0.261. The maximum atomic E-state index is 12.4. The molecule has 1 saturated heterocycles. The third-order valence-electron chi connectivity index (χ3n) is 5.06. The molecule has 6 heteroatoms. The van der Waals surface area contributed by atoms with Crippen molar-refractivity contribution in [2.24, 2.45) is 0 Å². The van der Waals surface area contributed by atoms with E-state index in [-0.39, 0.29) is 11.6 Å². The van der Waals surface area contributed by atoms with Crippen LogP contribution in [0.5, 0.6) is 0 Å². The van der Waals surface area contributed by atoms with Crippen molar-refractivity contribution >= 4 is 23.1 Å². The fourth-order valence-electron chi connectivity index (χ4n) is 3.44. The number of hydrogen-bond acceptors (Lipinski definition) is 5. The Morgan fingerprint density at radius 2 is 1.62 bits per heavy atom. The second-order valence-corrected chi connectivity index (χ2v) is 7.19. The maximum absolute atomic E-state index is 12.4. The Morgan fingerprint density at radius 3 is 2.31 bits per heavy atom. The van der Waals surface area contributed by atoms with E-state index in [4.69, 9.17) is 0 Å². The summed E-state index contributed by atoms with van der Waals surface area (Å²) in [5.41, 5.74) is 3.40. The number of aromatic nitrogens is 2. The first-order chi connectivity index (χ1) is 14.3. The lowest BCUT2D eigenvalue weighted by Gasteiger charge is -2.28. The van der Waals surface area contributed by atoms with Crippen LogP contribution in [-0.4, -0.2) is 29.2 Å². The molecule has 0 bridgehead atoms. The second-order valence-electron chi connectivity index (χ2n) is 7.19. The van der Waals surface area contributed by atoms with Gasteiger partial charge < -0.3 is 15.5 Å². The summed E-state index contributed by atoms with van der Waals surface area (Å²) in [5, 5.41) is 14.2. The molecular formula is C23H25N5O. The molecule has 0 spiro atoms. The Labute approximate surface area is 171 Å². The molecule has 1 aliphatic rings. The average Bonchev–Trinajstić information content (AvgIpc) is 2.80. The number of rotatable bonds is 6. The van der Waals surface area contributed by atoms with Gasteiger partial charge in [-0.3, -0.25) is 4.79 Å². The van der Waals surface area contributed by atoms with E-state index in [1.807, 2.05) is 42.5 Å². The Balaban J connectivity index is 1.32. The van der Waals surface area contributed by atoms with Crippen molar-refractivity contribution in [2.45, 2.75) is 25.8 Å².